The van der Waals surface area contributed by atoms with Crippen molar-refractivity contribution in [2.45, 2.75) is 6.42 Å². The van der Waals surface area contributed by atoms with Gasteiger partial charge >= 0.3 is 0 Å². The second-order valence-electron chi connectivity index (χ2n) is 4.47. The van der Waals surface area contributed by atoms with Crippen LogP contribution in [0.3, 0.4) is 0 Å². The smallest absolute Gasteiger partial charge is 0.263 e. The largest absolute Gasteiger partial charge is 0.390 e. The summed E-state index contributed by atoms with van der Waals surface area (Å²) < 4.78 is 0. The first-order chi connectivity index (χ1) is 9.09. The van der Waals surface area contributed by atoms with Crippen molar-refractivity contribution in [3.63, 3.8) is 0 Å². The number of fused-ring (bicyclic) bond motifs is 1. The Morgan fingerprint density at radius 1 is 1.21 bits per heavy atom. The second kappa shape index (κ2) is 4.54. The number of carbonyl (C=O) groups is 2. The van der Waals surface area contributed by atoms with Crippen molar-refractivity contribution in [2.75, 3.05) is 11.4 Å². The molecule has 1 unspecified atom stereocenters. The van der Waals surface area contributed by atoms with E-state index in [0.29, 0.717) is 34.3 Å². The molecule has 1 saturated heterocycles. The van der Waals surface area contributed by atoms with E-state index < -0.39 is 0 Å². The van der Waals surface area contributed by atoms with E-state index in [-0.39, 0.29) is 17.7 Å². The molecule has 6 heteroatoms. The number of carbonyl (C=O) groups excluding carboxylic acids is 2. The lowest BCUT2D eigenvalue weighted by atomic mass is 9.97. The van der Waals surface area contributed by atoms with Crippen molar-refractivity contribution in [1.82, 2.24) is 5.32 Å². The van der Waals surface area contributed by atoms with Gasteiger partial charge in [0.1, 0.15) is 0 Å². The van der Waals surface area contributed by atoms with Gasteiger partial charge in [-0.25, -0.2) is 4.90 Å². The third kappa shape index (κ3) is 1.91. The molecule has 2 heterocycles. The van der Waals surface area contributed by atoms with Crippen molar-refractivity contribution < 1.29 is 9.59 Å². The van der Waals surface area contributed by atoms with Crippen molar-refractivity contribution in [2.24, 2.45) is 5.92 Å². The van der Waals surface area contributed by atoms with E-state index in [1.54, 1.807) is 18.3 Å². The van der Waals surface area contributed by atoms with Gasteiger partial charge in [0.15, 0.2) is 0 Å². The van der Waals surface area contributed by atoms with Crippen LogP contribution in [0.2, 0.25) is 10.0 Å². The third-order valence-electron chi connectivity index (χ3n) is 3.34. The predicted octanol–water partition coefficient (Wildman–Crippen LogP) is 2.36. The number of imide groups is 1. The Bertz CT molecular complexity index is 613. The van der Waals surface area contributed by atoms with Gasteiger partial charge in [-0.1, -0.05) is 23.2 Å². The molecule has 0 aliphatic carbocycles. The molecule has 4 nitrogen and oxygen atoms in total. The van der Waals surface area contributed by atoms with Crippen molar-refractivity contribution in [3.05, 3.63) is 40.0 Å². The summed E-state index contributed by atoms with van der Waals surface area (Å²) in [5.41, 5.74) is 0.974. The number of hydrogen-bond donors (Lipinski definition) is 1. The maximum Gasteiger partial charge on any atom is 0.263 e. The van der Waals surface area contributed by atoms with Gasteiger partial charge in [0.2, 0.25) is 5.91 Å². The average Bonchev–Trinajstić information content (AvgIpc) is 2.66. The molecule has 0 radical (unpaired) electrons. The topological polar surface area (TPSA) is 49.4 Å². The highest BCUT2D eigenvalue weighted by molar-refractivity contribution is 6.42. The van der Waals surface area contributed by atoms with Crippen molar-refractivity contribution >= 4 is 40.7 Å². The van der Waals surface area contributed by atoms with Gasteiger partial charge < -0.3 is 5.32 Å². The van der Waals surface area contributed by atoms with E-state index in [4.69, 9.17) is 23.2 Å². The Kier molecular flexibility index (Phi) is 2.99. The first-order valence-electron chi connectivity index (χ1n) is 5.86. The summed E-state index contributed by atoms with van der Waals surface area (Å²) in [6.07, 6.45) is 2.26. The summed E-state index contributed by atoms with van der Waals surface area (Å²) in [5.74, 6) is -0.833. The summed E-state index contributed by atoms with van der Waals surface area (Å²) in [5, 5.41) is 3.70. The minimum Gasteiger partial charge on any atom is -0.390 e. The number of anilines is 1. The Morgan fingerprint density at radius 3 is 2.68 bits per heavy atom. The van der Waals surface area contributed by atoms with Gasteiger partial charge in [0.05, 0.1) is 21.7 Å². The van der Waals surface area contributed by atoms with E-state index in [1.165, 1.54) is 11.0 Å². The van der Waals surface area contributed by atoms with Gasteiger partial charge in [-0.3, -0.25) is 9.59 Å². The molecule has 1 fully saturated rings. The molecular formula is C13H10Cl2N2O2. The lowest BCUT2D eigenvalue weighted by Gasteiger charge is -2.15. The molecular weight excluding hydrogens is 287 g/mol. The van der Waals surface area contributed by atoms with Crippen LogP contribution in [-0.2, 0) is 9.59 Å². The van der Waals surface area contributed by atoms with Crippen LogP contribution in [0.1, 0.15) is 6.42 Å². The highest BCUT2D eigenvalue weighted by atomic mass is 35.5. The maximum atomic E-state index is 12.3. The molecule has 0 spiro atoms. The number of halogens is 2. The van der Waals surface area contributed by atoms with Crippen LogP contribution in [0.4, 0.5) is 5.69 Å². The zero-order chi connectivity index (χ0) is 13.6. The van der Waals surface area contributed by atoms with Gasteiger partial charge in [-0.15, -0.1) is 0 Å². The first-order valence-corrected chi connectivity index (χ1v) is 6.62. The molecule has 19 heavy (non-hydrogen) atoms. The quantitative estimate of drug-likeness (QED) is 0.810. The standard InChI is InChI=1S/C13H10Cl2N2O2/c14-10-2-1-7(5-11(10)15)17-12(18)8-3-4-16-6-9(8)13(17)19/h1-2,5-6,8,16H,3-4H2. The second-order valence-corrected chi connectivity index (χ2v) is 5.29. The lowest BCUT2D eigenvalue weighted by molar-refractivity contribution is -0.122. The maximum absolute atomic E-state index is 12.3. The number of benzene rings is 1. The molecule has 0 bridgehead atoms. The number of rotatable bonds is 1. The lowest BCUT2D eigenvalue weighted by Crippen LogP contribution is -2.30. The molecule has 2 aliphatic heterocycles. The summed E-state index contributed by atoms with van der Waals surface area (Å²) in [6, 6.07) is 4.73. The number of nitrogens with one attached hydrogen (secondary N) is 1. The molecule has 0 aromatic heterocycles. The van der Waals surface area contributed by atoms with E-state index in [1.807, 2.05) is 0 Å². The van der Waals surface area contributed by atoms with Crippen LogP contribution >= 0.6 is 23.2 Å². The third-order valence-corrected chi connectivity index (χ3v) is 4.08. The Balaban J connectivity index is 2.03. The Hall–Kier alpha value is -1.52. The number of hydrogen-bond acceptors (Lipinski definition) is 3. The fraction of sp³-hybridized carbons (Fsp3) is 0.231. The van der Waals surface area contributed by atoms with E-state index in [2.05, 4.69) is 5.32 Å². The minimum absolute atomic E-state index is 0.198. The summed E-state index contributed by atoms with van der Waals surface area (Å²) >= 11 is 11.8. The summed E-state index contributed by atoms with van der Waals surface area (Å²) in [7, 11) is 0. The van der Waals surface area contributed by atoms with Gasteiger partial charge in [-0.2, -0.15) is 0 Å². The minimum atomic E-state index is -0.344. The molecule has 1 atom stereocenters. The Labute approximate surface area is 120 Å². The molecule has 0 saturated carbocycles. The van der Waals surface area contributed by atoms with E-state index in [0.717, 1.165) is 0 Å². The fourth-order valence-corrected chi connectivity index (χ4v) is 2.68. The average molecular weight is 297 g/mol. The molecule has 2 aliphatic rings. The highest BCUT2D eigenvalue weighted by Gasteiger charge is 2.44. The normalized spacial score (nSPS) is 22.1. The van der Waals surface area contributed by atoms with Gasteiger partial charge in [0, 0.05) is 18.3 Å². The summed E-state index contributed by atoms with van der Waals surface area (Å²) in [6.45, 7) is 0.697. The SMILES string of the molecule is O=C1C2=CNCCC2C(=O)N1c1ccc(Cl)c(Cl)c1. The zero-order valence-electron chi connectivity index (χ0n) is 9.82. The Morgan fingerprint density at radius 2 is 2.00 bits per heavy atom. The zero-order valence-corrected chi connectivity index (χ0v) is 11.3. The predicted molar refractivity (Wildman–Crippen MR) is 73.1 cm³/mol. The van der Waals surface area contributed by atoms with Gasteiger partial charge in [-0.05, 0) is 24.6 Å². The molecule has 1 aromatic carbocycles. The molecule has 2 amide bonds. The van der Waals surface area contributed by atoms with Crippen LogP contribution in [0, 0.1) is 5.92 Å². The van der Waals surface area contributed by atoms with Crippen LogP contribution in [-0.4, -0.2) is 18.4 Å². The monoisotopic (exact) mass is 296 g/mol. The van der Waals surface area contributed by atoms with Crippen LogP contribution < -0.4 is 10.2 Å². The van der Waals surface area contributed by atoms with Crippen molar-refractivity contribution in [3.8, 4) is 0 Å². The number of nitrogens with zero attached hydrogens (tertiary/aromatic N) is 1. The van der Waals surface area contributed by atoms with E-state index in [9.17, 15) is 9.59 Å². The molecule has 98 valence electrons. The molecule has 3 rings (SSSR count). The van der Waals surface area contributed by atoms with Crippen LogP contribution in [0.5, 0.6) is 0 Å². The van der Waals surface area contributed by atoms with E-state index >= 15 is 0 Å². The van der Waals surface area contributed by atoms with Crippen molar-refractivity contribution in [1.29, 1.82) is 0 Å². The fourth-order valence-electron chi connectivity index (χ4n) is 2.39. The molecule has 1 N–H and O–H groups in total. The highest BCUT2D eigenvalue weighted by Crippen LogP contribution is 2.35. The van der Waals surface area contributed by atoms with Gasteiger partial charge in [0.25, 0.3) is 5.91 Å². The van der Waals surface area contributed by atoms with Crippen LogP contribution in [0.25, 0.3) is 0 Å². The van der Waals surface area contributed by atoms with Crippen LogP contribution in [0.15, 0.2) is 30.0 Å². The first kappa shape index (κ1) is 12.5. The summed E-state index contributed by atoms with van der Waals surface area (Å²) in [4.78, 5) is 25.7. The molecule has 1 aromatic rings. The number of amides is 2.